The molecule has 1 aliphatic heterocycles. The van der Waals surface area contributed by atoms with Gasteiger partial charge in [0.25, 0.3) is 0 Å². The molecule has 1 aliphatic rings. The smallest absolute Gasteiger partial charge is 0.223 e. The first-order valence-corrected chi connectivity index (χ1v) is 5.69. The molecule has 0 spiro atoms. The lowest BCUT2D eigenvalue weighted by atomic mass is 10.2. The number of carbonyl (C=O) groups excluding carboxylic acids is 1. The summed E-state index contributed by atoms with van der Waals surface area (Å²) in [5.41, 5.74) is 6.74. The molecule has 1 aromatic heterocycles. The van der Waals surface area contributed by atoms with E-state index in [2.05, 4.69) is 4.98 Å². The summed E-state index contributed by atoms with van der Waals surface area (Å²) < 4.78 is 0. The number of amides is 1. The molecule has 0 aromatic carbocycles. The van der Waals surface area contributed by atoms with Crippen LogP contribution in [0.4, 0.5) is 0 Å². The summed E-state index contributed by atoms with van der Waals surface area (Å²) in [7, 11) is 0. The number of carbonyl (C=O) groups is 1. The fourth-order valence-corrected chi connectivity index (χ4v) is 1.95. The second-order valence-electron chi connectivity index (χ2n) is 4.21. The molecule has 1 unspecified atom stereocenters. The minimum absolute atomic E-state index is 0. The summed E-state index contributed by atoms with van der Waals surface area (Å²) in [6.45, 7) is 1.52. The molecule has 18 heavy (non-hydrogen) atoms. The normalized spacial score (nSPS) is 17.8. The van der Waals surface area contributed by atoms with Crippen LogP contribution < -0.4 is 5.73 Å². The van der Waals surface area contributed by atoms with Crippen LogP contribution in [-0.4, -0.2) is 34.9 Å². The van der Waals surface area contributed by atoms with Gasteiger partial charge in [0.15, 0.2) is 0 Å². The molecule has 4 nitrogen and oxygen atoms in total. The molecule has 1 fully saturated rings. The Kier molecular flexibility index (Phi) is 7.91. The largest absolute Gasteiger partial charge is 0.341 e. The quantitative estimate of drug-likeness (QED) is 0.916. The Labute approximate surface area is 120 Å². The monoisotopic (exact) mass is 291 g/mol. The highest BCUT2D eigenvalue weighted by molar-refractivity contribution is 5.85. The first-order chi connectivity index (χ1) is 7.75. The minimum atomic E-state index is 0. The van der Waals surface area contributed by atoms with Crippen LogP contribution in [0.5, 0.6) is 0 Å². The zero-order chi connectivity index (χ0) is 11.4. The maximum atomic E-state index is 11.8. The number of halogens is 2. The average Bonchev–Trinajstić information content (AvgIpc) is 2.74. The number of aromatic nitrogens is 1. The zero-order valence-corrected chi connectivity index (χ0v) is 11.8. The van der Waals surface area contributed by atoms with Gasteiger partial charge < -0.3 is 10.6 Å². The van der Waals surface area contributed by atoms with E-state index in [1.54, 1.807) is 6.20 Å². The predicted octanol–water partition coefficient (Wildman–Crippen LogP) is 1.42. The molecule has 1 aromatic rings. The molecule has 2 heterocycles. The van der Waals surface area contributed by atoms with Gasteiger partial charge in [0, 0.05) is 37.4 Å². The average molecular weight is 292 g/mol. The van der Waals surface area contributed by atoms with Crippen LogP contribution in [0.1, 0.15) is 18.5 Å². The van der Waals surface area contributed by atoms with E-state index in [4.69, 9.17) is 5.73 Å². The summed E-state index contributed by atoms with van der Waals surface area (Å²) in [5.74, 6) is 0.193. The van der Waals surface area contributed by atoms with Crippen LogP contribution in [-0.2, 0) is 11.2 Å². The van der Waals surface area contributed by atoms with E-state index in [1.807, 2.05) is 23.1 Å². The highest BCUT2D eigenvalue weighted by Gasteiger charge is 2.22. The molecule has 6 heteroatoms. The van der Waals surface area contributed by atoms with Crippen molar-refractivity contribution in [3.05, 3.63) is 30.1 Å². The Hall–Kier alpha value is -0.840. The van der Waals surface area contributed by atoms with Gasteiger partial charge in [-0.3, -0.25) is 9.78 Å². The van der Waals surface area contributed by atoms with Crippen molar-refractivity contribution in [3.63, 3.8) is 0 Å². The molecule has 0 aliphatic carbocycles. The molecule has 1 saturated heterocycles. The number of hydrogen-bond acceptors (Lipinski definition) is 3. The van der Waals surface area contributed by atoms with Gasteiger partial charge in [0.2, 0.25) is 5.91 Å². The van der Waals surface area contributed by atoms with E-state index in [1.165, 1.54) is 0 Å². The van der Waals surface area contributed by atoms with Crippen LogP contribution in [0.2, 0.25) is 0 Å². The molecule has 0 saturated carbocycles. The summed E-state index contributed by atoms with van der Waals surface area (Å²) in [6, 6.07) is 5.94. The lowest BCUT2D eigenvalue weighted by Crippen LogP contribution is -2.32. The standard InChI is InChI=1S/C12H17N3O.2ClH/c13-10-6-8-15(9-10)12(16)5-4-11-3-1-2-7-14-11;;/h1-3,7,10H,4-6,8-9,13H2;2*1H. The van der Waals surface area contributed by atoms with E-state index in [0.29, 0.717) is 19.4 Å². The molecule has 2 N–H and O–H groups in total. The number of nitrogens with two attached hydrogens (primary N) is 1. The van der Waals surface area contributed by atoms with Crippen LogP contribution in [0, 0.1) is 0 Å². The maximum absolute atomic E-state index is 11.8. The second kappa shape index (κ2) is 8.29. The molecule has 0 bridgehead atoms. The van der Waals surface area contributed by atoms with Gasteiger partial charge in [-0.05, 0) is 25.0 Å². The third-order valence-electron chi connectivity index (χ3n) is 2.90. The summed E-state index contributed by atoms with van der Waals surface area (Å²) in [4.78, 5) is 17.9. The Balaban J connectivity index is 0.00000144. The SMILES string of the molecule is Cl.Cl.NC1CCN(C(=O)CCc2ccccn2)C1. The number of pyridine rings is 1. The van der Waals surface area contributed by atoms with Crippen molar-refractivity contribution in [1.82, 2.24) is 9.88 Å². The summed E-state index contributed by atoms with van der Waals surface area (Å²) >= 11 is 0. The van der Waals surface area contributed by atoms with E-state index < -0.39 is 0 Å². The van der Waals surface area contributed by atoms with Crippen LogP contribution in [0.3, 0.4) is 0 Å². The number of aryl methyl sites for hydroxylation is 1. The first kappa shape index (κ1) is 17.2. The fourth-order valence-electron chi connectivity index (χ4n) is 1.95. The molecule has 1 atom stereocenters. The summed E-state index contributed by atoms with van der Waals surface area (Å²) in [5, 5.41) is 0. The molecule has 0 radical (unpaired) electrons. The number of nitrogens with zero attached hydrogens (tertiary/aromatic N) is 2. The van der Waals surface area contributed by atoms with Crippen molar-refractivity contribution in [2.45, 2.75) is 25.3 Å². The van der Waals surface area contributed by atoms with Crippen molar-refractivity contribution in [1.29, 1.82) is 0 Å². The van der Waals surface area contributed by atoms with Crippen LogP contribution in [0.25, 0.3) is 0 Å². The van der Waals surface area contributed by atoms with Crippen molar-refractivity contribution >= 4 is 30.7 Å². The van der Waals surface area contributed by atoms with Crippen LogP contribution >= 0.6 is 24.8 Å². The van der Waals surface area contributed by atoms with Gasteiger partial charge in [-0.25, -0.2) is 0 Å². The Morgan fingerprint density at radius 2 is 2.22 bits per heavy atom. The van der Waals surface area contributed by atoms with Gasteiger partial charge in [-0.2, -0.15) is 0 Å². The third kappa shape index (κ3) is 4.80. The number of likely N-dealkylation sites (tertiary alicyclic amines) is 1. The number of rotatable bonds is 3. The van der Waals surface area contributed by atoms with Crippen molar-refractivity contribution in [3.8, 4) is 0 Å². The Morgan fingerprint density at radius 3 is 2.78 bits per heavy atom. The van der Waals surface area contributed by atoms with E-state index in [9.17, 15) is 4.79 Å². The summed E-state index contributed by atoms with van der Waals surface area (Å²) in [6.07, 6.45) is 3.93. The van der Waals surface area contributed by atoms with Gasteiger partial charge in [-0.15, -0.1) is 24.8 Å². The fraction of sp³-hybridized carbons (Fsp3) is 0.500. The van der Waals surface area contributed by atoms with E-state index in [0.717, 1.165) is 18.7 Å². The molecular weight excluding hydrogens is 273 g/mol. The molecule has 102 valence electrons. The lowest BCUT2D eigenvalue weighted by Gasteiger charge is -2.15. The highest BCUT2D eigenvalue weighted by Crippen LogP contribution is 2.09. The van der Waals surface area contributed by atoms with Gasteiger partial charge in [-0.1, -0.05) is 6.07 Å². The van der Waals surface area contributed by atoms with E-state index >= 15 is 0 Å². The van der Waals surface area contributed by atoms with Crippen molar-refractivity contribution < 1.29 is 4.79 Å². The molecular formula is C12H19Cl2N3O. The maximum Gasteiger partial charge on any atom is 0.223 e. The second-order valence-corrected chi connectivity index (χ2v) is 4.21. The Bertz CT molecular complexity index is 362. The number of hydrogen-bond donors (Lipinski definition) is 1. The van der Waals surface area contributed by atoms with Crippen molar-refractivity contribution in [2.75, 3.05) is 13.1 Å². The Morgan fingerprint density at radius 1 is 1.44 bits per heavy atom. The highest BCUT2D eigenvalue weighted by atomic mass is 35.5. The van der Waals surface area contributed by atoms with E-state index in [-0.39, 0.29) is 36.8 Å². The third-order valence-corrected chi connectivity index (χ3v) is 2.90. The van der Waals surface area contributed by atoms with Crippen molar-refractivity contribution in [2.24, 2.45) is 5.73 Å². The first-order valence-electron chi connectivity index (χ1n) is 5.69. The topological polar surface area (TPSA) is 59.2 Å². The lowest BCUT2D eigenvalue weighted by molar-refractivity contribution is -0.130. The van der Waals surface area contributed by atoms with Crippen LogP contribution in [0.15, 0.2) is 24.4 Å². The van der Waals surface area contributed by atoms with Gasteiger partial charge >= 0.3 is 0 Å². The minimum Gasteiger partial charge on any atom is -0.341 e. The van der Waals surface area contributed by atoms with Gasteiger partial charge in [0.1, 0.15) is 0 Å². The van der Waals surface area contributed by atoms with Gasteiger partial charge in [0.05, 0.1) is 0 Å². The molecule has 2 rings (SSSR count). The zero-order valence-electron chi connectivity index (χ0n) is 10.1. The molecule has 1 amide bonds. The predicted molar refractivity (Wildman–Crippen MR) is 76.2 cm³/mol.